The normalized spacial score (nSPS) is 10.2. The molecule has 0 aliphatic carbocycles. The standard InChI is InChI=1S/C24H20F2N4O3S/c25-17-7-5-16(6-8-17)11-13-28-24(32)30(34)18-9-10-21(22(15-18)33-14-12-27)29-23(31)19-3-1-2-4-20(19)26/h1-10,15,34H,11,13-14H2,(H,28,32)(H,29,31). The number of benzene rings is 3. The quantitative estimate of drug-likeness (QED) is 0.405. The van der Waals surface area contributed by atoms with Crippen molar-refractivity contribution in [2.75, 3.05) is 22.8 Å². The van der Waals surface area contributed by atoms with E-state index in [9.17, 15) is 18.4 Å². The number of carbonyl (C=O) groups is 2. The maximum absolute atomic E-state index is 13.9. The minimum Gasteiger partial charge on any atom is -0.476 e. The van der Waals surface area contributed by atoms with Gasteiger partial charge in [-0.3, -0.25) is 4.79 Å². The zero-order valence-corrected chi connectivity index (χ0v) is 18.7. The van der Waals surface area contributed by atoms with E-state index in [1.807, 2.05) is 6.07 Å². The van der Waals surface area contributed by atoms with Gasteiger partial charge >= 0.3 is 6.03 Å². The van der Waals surface area contributed by atoms with E-state index in [4.69, 9.17) is 10.00 Å². The molecule has 7 nitrogen and oxygen atoms in total. The summed E-state index contributed by atoms with van der Waals surface area (Å²) in [6.45, 7) is -0.0292. The average molecular weight is 483 g/mol. The summed E-state index contributed by atoms with van der Waals surface area (Å²) < 4.78 is 33.3. The fourth-order valence-corrected chi connectivity index (χ4v) is 3.16. The van der Waals surface area contributed by atoms with Gasteiger partial charge in [0.05, 0.1) is 16.9 Å². The largest absolute Gasteiger partial charge is 0.476 e. The summed E-state index contributed by atoms with van der Waals surface area (Å²) in [5, 5.41) is 14.1. The summed E-state index contributed by atoms with van der Waals surface area (Å²) >= 11 is 4.22. The number of amides is 3. The van der Waals surface area contributed by atoms with Crippen LogP contribution in [0.15, 0.2) is 66.7 Å². The Hall–Kier alpha value is -4.10. The molecule has 0 atom stereocenters. The monoisotopic (exact) mass is 482 g/mol. The zero-order chi connectivity index (χ0) is 24.5. The van der Waals surface area contributed by atoms with Gasteiger partial charge in [0.2, 0.25) is 0 Å². The van der Waals surface area contributed by atoms with Gasteiger partial charge in [0.1, 0.15) is 23.5 Å². The second-order valence-corrected chi connectivity index (χ2v) is 7.38. The number of hydrogen-bond donors (Lipinski definition) is 3. The molecule has 0 radical (unpaired) electrons. The van der Waals surface area contributed by atoms with E-state index in [1.54, 1.807) is 12.1 Å². The van der Waals surface area contributed by atoms with Crippen LogP contribution in [0.4, 0.5) is 25.0 Å². The molecule has 0 saturated heterocycles. The minimum absolute atomic E-state index is 0.0990. The summed E-state index contributed by atoms with van der Waals surface area (Å²) in [5.74, 6) is -1.62. The number of thiol groups is 1. The van der Waals surface area contributed by atoms with E-state index >= 15 is 0 Å². The maximum atomic E-state index is 13.9. The van der Waals surface area contributed by atoms with Gasteiger partial charge in [-0.05, 0) is 48.4 Å². The molecule has 0 aliphatic heterocycles. The summed E-state index contributed by atoms with van der Waals surface area (Å²) in [7, 11) is 0. The van der Waals surface area contributed by atoms with Gasteiger partial charge in [-0.2, -0.15) is 5.26 Å². The molecule has 3 aromatic rings. The Balaban J connectivity index is 1.69. The second kappa shape index (κ2) is 11.7. The molecule has 0 saturated carbocycles. The Morgan fingerprint density at radius 2 is 1.79 bits per heavy atom. The van der Waals surface area contributed by atoms with Crippen molar-refractivity contribution in [3.05, 3.63) is 89.5 Å². The molecule has 3 aromatic carbocycles. The van der Waals surface area contributed by atoms with Crippen LogP contribution in [0.25, 0.3) is 0 Å². The van der Waals surface area contributed by atoms with E-state index < -0.39 is 17.8 Å². The van der Waals surface area contributed by atoms with Gasteiger partial charge in [0, 0.05) is 12.6 Å². The molecule has 2 N–H and O–H groups in total. The first-order chi connectivity index (χ1) is 16.4. The van der Waals surface area contributed by atoms with E-state index in [0.717, 1.165) is 9.87 Å². The van der Waals surface area contributed by atoms with Crippen LogP contribution in [0.5, 0.6) is 5.75 Å². The predicted octanol–water partition coefficient (Wildman–Crippen LogP) is 4.72. The molecule has 174 valence electrons. The maximum Gasteiger partial charge on any atom is 0.331 e. The van der Waals surface area contributed by atoms with E-state index in [1.165, 1.54) is 54.6 Å². The number of nitriles is 1. The lowest BCUT2D eigenvalue weighted by Crippen LogP contribution is -2.35. The summed E-state index contributed by atoms with van der Waals surface area (Å²) in [6, 6.07) is 17.1. The molecule has 34 heavy (non-hydrogen) atoms. The number of ether oxygens (including phenoxy) is 1. The Kier molecular flexibility index (Phi) is 8.43. The van der Waals surface area contributed by atoms with Gasteiger partial charge in [-0.25, -0.2) is 17.9 Å². The minimum atomic E-state index is -0.700. The number of rotatable bonds is 8. The highest BCUT2D eigenvalue weighted by Crippen LogP contribution is 2.31. The number of halogens is 2. The van der Waals surface area contributed by atoms with Crippen LogP contribution < -0.4 is 19.7 Å². The SMILES string of the molecule is N#CCOc1cc(N(S)C(=O)NCCc2ccc(F)cc2)ccc1NC(=O)c1ccccc1F. The van der Waals surface area contributed by atoms with Crippen molar-refractivity contribution in [3.8, 4) is 11.8 Å². The molecule has 0 heterocycles. The molecular formula is C24H20F2N4O3S. The molecular weight excluding hydrogens is 462 g/mol. The molecule has 0 spiro atoms. The lowest BCUT2D eigenvalue weighted by Gasteiger charge is -2.19. The van der Waals surface area contributed by atoms with E-state index in [-0.39, 0.29) is 36.0 Å². The summed E-state index contributed by atoms with van der Waals surface area (Å²) in [4.78, 5) is 24.9. The fraction of sp³-hybridized carbons (Fsp3) is 0.125. The Bertz CT molecular complexity index is 1220. The van der Waals surface area contributed by atoms with Gasteiger partial charge in [0.25, 0.3) is 5.91 Å². The highest BCUT2D eigenvalue weighted by atomic mass is 32.1. The first kappa shape index (κ1) is 24.5. The predicted molar refractivity (Wildman–Crippen MR) is 127 cm³/mol. The number of anilines is 2. The second-order valence-electron chi connectivity index (χ2n) is 6.98. The van der Waals surface area contributed by atoms with Gasteiger partial charge in [-0.15, -0.1) is 0 Å². The van der Waals surface area contributed by atoms with Crippen LogP contribution in [0.2, 0.25) is 0 Å². The first-order valence-corrected chi connectivity index (χ1v) is 10.5. The number of carbonyl (C=O) groups excluding carboxylic acids is 2. The molecule has 0 aliphatic rings. The van der Waals surface area contributed by atoms with Crippen LogP contribution in [0, 0.1) is 23.0 Å². The van der Waals surface area contributed by atoms with Crippen molar-refractivity contribution in [2.24, 2.45) is 0 Å². The molecule has 0 fully saturated rings. The molecule has 10 heteroatoms. The highest BCUT2D eigenvalue weighted by molar-refractivity contribution is 7.82. The van der Waals surface area contributed by atoms with Crippen molar-refractivity contribution in [1.29, 1.82) is 5.26 Å². The van der Waals surface area contributed by atoms with Crippen LogP contribution >= 0.6 is 12.8 Å². The van der Waals surface area contributed by atoms with Crippen LogP contribution in [-0.2, 0) is 6.42 Å². The fourth-order valence-electron chi connectivity index (χ4n) is 2.97. The van der Waals surface area contributed by atoms with E-state index in [2.05, 4.69) is 23.4 Å². The van der Waals surface area contributed by atoms with Crippen molar-refractivity contribution in [2.45, 2.75) is 6.42 Å². The molecule has 0 aromatic heterocycles. The Morgan fingerprint density at radius 1 is 1.06 bits per heavy atom. The molecule has 3 amide bonds. The third-order valence-corrected chi connectivity index (χ3v) is 5.08. The van der Waals surface area contributed by atoms with E-state index in [0.29, 0.717) is 12.1 Å². The highest BCUT2D eigenvalue weighted by Gasteiger charge is 2.17. The Labute approximate surface area is 200 Å². The van der Waals surface area contributed by atoms with Crippen molar-refractivity contribution in [1.82, 2.24) is 5.32 Å². The van der Waals surface area contributed by atoms with Crippen LogP contribution in [-0.4, -0.2) is 25.1 Å². The number of hydrogen-bond acceptors (Lipinski definition) is 5. The lowest BCUT2D eigenvalue weighted by atomic mass is 10.1. The number of urea groups is 1. The molecule has 3 rings (SSSR count). The first-order valence-electron chi connectivity index (χ1n) is 10.1. The third kappa shape index (κ3) is 6.46. The van der Waals surface area contributed by atoms with Crippen molar-refractivity contribution < 1.29 is 23.1 Å². The van der Waals surface area contributed by atoms with Crippen LogP contribution in [0.3, 0.4) is 0 Å². The smallest absolute Gasteiger partial charge is 0.331 e. The van der Waals surface area contributed by atoms with Gasteiger partial charge in [-0.1, -0.05) is 37.1 Å². The van der Waals surface area contributed by atoms with Gasteiger partial charge < -0.3 is 15.4 Å². The molecule has 0 bridgehead atoms. The van der Waals surface area contributed by atoms with Crippen LogP contribution in [0.1, 0.15) is 15.9 Å². The van der Waals surface area contributed by atoms with Gasteiger partial charge in [0.15, 0.2) is 6.61 Å². The zero-order valence-electron chi connectivity index (χ0n) is 17.8. The van der Waals surface area contributed by atoms with Crippen molar-refractivity contribution in [3.63, 3.8) is 0 Å². The third-order valence-electron chi connectivity index (χ3n) is 4.66. The average Bonchev–Trinajstić information content (AvgIpc) is 2.84. The number of nitrogens with zero attached hydrogens (tertiary/aromatic N) is 2. The topological polar surface area (TPSA) is 94.5 Å². The lowest BCUT2D eigenvalue weighted by molar-refractivity contribution is 0.102. The summed E-state index contributed by atoms with van der Waals surface area (Å²) in [5.41, 5.74) is 1.19. The summed E-state index contributed by atoms with van der Waals surface area (Å²) in [6.07, 6.45) is 0.491. The number of nitrogens with one attached hydrogen (secondary N) is 2. The van der Waals surface area contributed by atoms with Crippen molar-refractivity contribution >= 4 is 36.1 Å². The Morgan fingerprint density at radius 3 is 2.50 bits per heavy atom. The molecule has 0 unspecified atom stereocenters.